The van der Waals surface area contributed by atoms with Gasteiger partial charge in [0.1, 0.15) is 5.69 Å². The van der Waals surface area contributed by atoms with Gasteiger partial charge in [-0.2, -0.15) is 18.3 Å². The molecule has 34 heavy (non-hydrogen) atoms. The van der Waals surface area contributed by atoms with E-state index in [1.807, 2.05) is 6.07 Å². The van der Waals surface area contributed by atoms with E-state index in [2.05, 4.69) is 10.2 Å². The number of hydrogen-bond acceptors (Lipinski definition) is 4. The quantitative estimate of drug-likeness (QED) is 0.307. The molecule has 1 aliphatic rings. The lowest BCUT2D eigenvalue weighted by molar-refractivity contribution is -0.384. The molecule has 2 heterocycles. The van der Waals surface area contributed by atoms with Crippen LogP contribution in [0.3, 0.4) is 0 Å². The Morgan fingerprint density at radius 1 is 0.971 bits per heavy atom. The van der Waals surface area contributed by atoms with Gasteiger partial charge < -0.3 is 0 Å². The summed E-state index contributed by atoms with van der Waals surface area (Å²) in [5.74, 6) is -0.549. The number of rotatable bonds is 4. The van der Waals surface area contributed by atoms with Gasteiger partial charge in [-0.15, -0.1) is 0 Å². The Kier molecular flexibility index (Phi) is 4.93. The standard InChI is InChI=1S/C24H15F3N4O3/c25-24(26,27)16-7-4-8-18(13-16)30-22(15-9-11-17(12-10-15)31(33)34)19-20(14-5-2-1-3-6-14)28-29-21(19)23(30)32/h1-13,22H,(H,28,29)/t22-/m0/s1. The molecular formula is C24H15F3N4O3. The Balaban J connectivity index is 1.71. The van der Waals surface area contributed by atoms with E-state index in [1.54, 1.807) is 24.3 Å². The van der Waals surface area contributed by atoms with Gasteiger partial charge in [0, 0.05) is 28.9 Å². The molecule has 1 atom stereocenters. The monoisotopic (exact) mass is 464 g/mol. The molecule has 0 fully saturated rings. The molecule has 0 aliphatic carbocycles. The van der Waals surface area contributed by atoms with Crippen molar-refractivity contribution in [3.8, 4) is 11.3 Å². The summed E-state index contributed by atoms with van der Waals surface area (Å²) in [7, 11) is 0. The third kappa shape index (κ3) is 3.49. The van der Waals surface area contributed by atoms with Crippen molar-refractivity contribution in [3.63, 3.8) is 0 Å². The minimum absolute atomic E-state index is 0.0480. The SMILES string of the molecule is O=C1c2[nH]nc(-c3ccccc3)c2[C@H](c2ccc([N+](=O)[O-])cc2)N1c1cccc(C(F)(F)F)c1. The lowest BCUT2D eigenvalue weighted by atomic mass is 9.95. The number of nitrogens with zero attached hydrogens (tertiary/aromatic N) is 3. The summed E-state index contributed by atoms with van der Waals surface area (Å²) in [6, 6.07) is 18.3. The van der Waals surface area contributed by atoms with Crippen LogP contribution < -0.4 is 4.90 Å². The molecule has 0 spiro atoms. The van der Waals surface area contributed by atoms with Crippen LogP contribution >= 0.6 is 0 Å². The number of nitrogens with one attached hydrogen (secondary N) is 1. The average Bonchev–Trinajstić information content (AvgIpc) is 3.38. The number of anilines is 1. The van der Waals surface area contributed by atoms with Crippen LogP contribution in [0, 0.1) is 10.1 Å². The summed E-state index contributed by atoms with van der Waals surface area (Å²) in [6.07, 6.45) is -4.59. The molecule has 0 saturated heterocycles. The molecule has 4 aromatic rings. The molecular weight excluding hydrogens is 449 g/mol. The number of alkyl halides is 3. The van der Waals surface area contributed by atoms with Gasteiger partial charge in [-0.05, 0) is 35.9 Å². The molecule has 5 rings (SSSR count). The average molecular weight is 464 g/mol. The number of carbonyl (C=O) groups is 1. The van der Waals surface area contributed by atoms with Gasteiger partial charge in [0.05, 0.1) is 22.2 Å². The number of halogens is 3. The number of H-pyrrole nitrogens is 1. The number of carbonyl (C=O) groups excluding carboxylic acids is 1. The molecule has 0 radical (unpaired) electrons. The van der Waals surface area contributed by atoms with Gasteiger partial charge in [-0.3, -0.25) is 24.9 Å². The van der Waals surface area contributed by atoms with E-state index in [0.717, 1.165) is 12.1 Å². The minimum Gasteiger partial charge on any atom is -0.295 e. The predicted octanol–water partition coefficient (Wildman–Crippen LogP) is 5.75. The maximum absolute atomic E-state index is 13.4. The van der Waals surface area contributed by atoms with Crippen LogP contribution in [-0.2, 0) is 6.18 Å². The number of fused-ring (bicyclic) bond motifs is 1. The Labute approximate surface area is 190 Å². The fraction of sp³-hybridized carbons (Fsp3) is 0.0833. The van der Waals surface area contributed by atoms with Crippen LogP contribution in [0.15, 0.2) is 78.9 Å². The second kappa shape index (κ2) is 7.84. The summed E-state index contributed by atoms with van der Waals surface area (Å²) in [5.41, 5.74) is 1.33. The molecule has 1 aromatic heterocycles. The Morgan fingerprint density at radius 2 is 1.68 bits per heavy atom. The van der Waals surface area contributed by atoms with Crippen LogP contribution in [-0.4, -0.2) is 21.0 Å². The zero-order valence-electron chi connectivity index (χ0n) is 17.3. The van der Waals surface area contributed by atoms with Crippen molar-refractivity contribution in [2.45, 2.75) is 12.2 Å². The molecule has 0 bridgehead atoms. The van der Waals surface area contributed by atoms with E-state index in [-0.39, 0.29) is 17.1 Å². The number of nitro groups is 1. The largest absolute Gasteiger partial charge is 0.416 e. The second-order valence-corrected chi connectivity index (χ2v) is 7.70. The van der Waals surface area contributed by atoms with Gasteiger partial charge >= 0.3 is 6.18 Å². The zero-order chi connectivity index (χ0) is 24.0. The number of amides is 1. The molecule has 1 aliphatic heterocycles. The number of aromatic nitrogens is 2. The first-order valence-electron chi connectivity index (χ1n) is 10.1. The Bertz CT molecular complexity index is 1400. The fourth-order valence-electron chi connectivity index (χ4n) is 4.16. The molecule has 7 nitrogen and oxygen atoms in total. The third-order valence-electron chi connectivity index (χ3n) is 5.69. The lowest BCUT2D eigenvalue weighted by Crippen LogP contribution is -2.29. The van der Waals surface area contributed by atoms with Crippen LogP contribution in [0.1, 0.15) is 33.2 Å². The summed E-state index contributed by atoms with van der Waals surface area (Å²) < 4.78 is 40.2. The summed E-state index contributed by atoms with van der Waals surface area (Å²) in [6.45, 7) is 0. The smallest absolute Gasteiger partial charge is 0.295 e. The summed E-state index contributed by atoms with van der Waals surface area (Å²) in [5, 5.41) is 18.2. The fourth-order valence-corrected chi connectivity index (χ4v) is 4.16. The maximum Gasteiger partial charge on any atom is 0.416 e. The summed E-state index contributed by atoms with van der Waals surface area (Å²) in [4.78, 5) is 25.3. The van der Waals surface area contributed by atoms with Gasteiger partial charge in [-0.25, -0.2) is 0 Å². The maximum atomic E-state index is 13.4. The van der Waals surface area contributed by atoms with E-state index >= 15 is 0 Å². The lowest BCUT2D eigenvalue weighted by Gasteiger charge is -2.27. The van der Waals surface area contributed by atoms with Crippen molar-refractivity contribution in [3.05, 3.63) is 111 Å². The number of hydrogen-bond donors (Lipinski definition) is 1. The number of nitro benzene ring substituents is 1. The van der Waals surface area contributed by atoms with E-state index in [0.29, 0.717) is 22.4 Å². The predicted molar refractivity (Wildman–Crippen MR) is 117 cm³/mol. The molecule has 0 saturated carbocycles. The number of aromatic amines is 1. The molecule has 1 N–H and O–H groups in total. The molecule has 1 amide bonds. The van der Waals surface area contributed by atoms with Gasteiger partial charge in [0.15, 0.2) is 0 Å². The van der Waals surface area contributed by atoms with E-state index in [9.17, 15) is 28.1 Å². The summed E-state index contributed by atoms with van der Waals surface area (Å²) >= 11 is 0. The van der Waals surface area contributed by atoms with Crippen LogP contribution in [0.25, 0.3) is 11.3 Å². The Hall–Kier alpha value is -4.47. The van der Waals surface area contributed by atoms with Crippen LogP contribution in [0.2, 0.25) is 0 Å². The molecule has 10 heteroatoms. The first-order valence-corrected chi connectivity index (χ1v) is 10.1. The molecule has 3 aromatic carbocycles. The van der Waals surface area contributed by atoms with Crippen molar-refractivity contribution in [2.24, 2.45) is 0 Å². The number of benzene rings is 3. The highest BCUT2D eigenvalue weighted by Gasteiger charge is 2.44. The highest BCUT2D eigenvalue weighted by Crippen LogP contribution is 2.46. The second-order valence-electron chi connectivity index (χ2n) is 7.70. The molecule has 170 valence electrons. The number of non-ortho nitro benzene ring substituents is 1. The van der Waals surface area contributed by atoms with E-state index in [1.165, 1.54) is 41.3 Å². The van der Waals surface area contributed by atoms with Gasteiger partial charge in [0.2, 0.25) is 0 Å². The van der Waals surface area contributed by atoms with Gasteiger partial charge in [-0.1, -0.05) is 36.4 Å². The highest BCUT2D eigenvalue weighted by atomic mass is 19.4. The van der Waals surface area contributed by atoms with Crippen molar-refractivity contribution in [1.29, 1.82) is 0 Å². The topological polar surface area (TPSA) is 92.1 Å². The first kappa shape index (κ1) is 21.4. The molecule has 0 unspecified atom stereocenters. The van der Waals surface area contributed by atoms with Crippen molar-refractivity contribution >= 4 is 17.3 Å². The Morgan fingerprint density at radius 3 is 2.32 bits per heavy atom. The normalized spacial score (nSPS) is 15.4. The van der Waals surface area contributed by atoms with E-state index < -0.39 is 28.6 Å². The van der Waals surface area contributed by atoms with Crippen LogP contribution in [0.4, 0.5) is 24.5 Å². The van der Waals surface area contributed by atoms with Gasteiger partial charge in [0.25, 0.3) is 11.6 Å². The first-order chi connectivity index (χ1) is 16.3. The third-order valence-corrected chi connectivity index (χ3v) is 5.69. The van der Waals surface area contributed by atoms with Crippen molar-refractivity contribution in [2.75, 3.05) is 4.90 Å². The van der Waals surface area contributed by atoms with Crippen molar-refractivity contribution in [1.82, 2.24) is 10.2 Å². The van der Waals surface area contributed by atoms with E-state index in [4.69, 9.17) is 0 Å². The zero-order valence-corrected chi connectivity index (χ0v) is 17.3. The highest BCUT2D eigenvalue weighted by molar-refractivity contribution is 6.11. The minimum atomic E-state index is -4.59. The van der Waals surface area contributed by atoms with Crippen molar-refractivity contribution < 1.29 is 22.9 Å². The van der Waals surface area contributed by atoms with Crippen LogP contribution in [0.5, 0.6) is 0 Å².